The Morgan fingerprint density at radius 3 is 2.67 bits per heavy atom. The molecule has 6 atom stereocenters. The number of aliphatic hydroxyl groups is 2. The zero-order valence-corrected chi connectivity index (χ0v) is 23.6. The van der Waals surface area contributed by atoms with Crippen molar-refractivity contribution < 1.29 is 38.1 Å². The molecule has 218 valence electrons. The molecule has 1 saturated heterocycles. The molecule has 0 bridgehead atoms. The number of rotatable bonds is 10. The Morgan fingerprint density at radius 2 is 2.02 bits per heavy atom. The highest BCUT2D eigenvalue weighted by molar-refractivity contribution is 7.52. The minimum atomic E-state index is -4.32. The van der Waals surface area contributed by atoms with Crippen molar-refractivity contribution in [3.05, 3.63) is 51.7 Å². The van der Waals surface area contributed by atoms with Gasteiger partial charge in [-0.2, -0.15) is 5.09 Å². The van der Waals surface area contributed by atoms with Crippen LogP contribution in [0.4, 0.5) is 5.95 Å². The van der Waals surface area contributed by atoms with Crippen molar-refractivity contribution in [2.45, 2.75) is 63.8 Å². The van der Waals surface area contributed by atoms with Crippen LogP contribution in [0.25, 0.3) is 5.52 Å². The fourth-order valence-corrected chi connectivity index (χ4v) is 5.63. The normalized spacial score (nSPS) is 25.1. The number of anilines is 1. The average molecular weight is 601 g/mol. The van der Waals surface area contributed by atoms with Crippen molar-refractivity contribution >= 4 is 36.8 Å². The van der Waals surface area contributed by atoms with Gasteiger partial charge in [-0.1, -0.05) is 11.6 Å². The number of nitrogens with zero attached hydrogens (tertiary/aromatic N) is 3. The highest BCUT2D eigenvalue weighted by Crippen LogP contribution is 2.47. The van der Waals surface area contributed by atoms with E-state index in [4.69, 9.17) is 35.9 Å². The largest absolute Gasteiger partial charge is 0.462 e. The van der Waals surface area contributed by atoms with Crippen molar-refractivity contribution in [2.24, 2.45) is 0 Å². The molecule has 1 unspecified atom stereocenters. The van der Waals surface area contributed by atoms with E-state index in [1.54, 1.807) is 13.8 Å². The zero-order chi connectivity index (χ0) is 29.4. The van der Waals surface area contributed by atoms with Crippen molar-refractivity contribution in [1.82, 2.24) is 24.7 Å². The van der Waals surface area contributed by atoms with Gasteiger partial charge in [-0.15, -0.1) is 5.10 Å². The number of ether oxygens (including phenoxy) is 2. The van der Waals surface area contributed by atoms with Crippen LogP contribution in [0.5, 0.6) is 5.75 Å². The van der Waals surface area contributed by atoms with E-state index in [0.29, 0.717) is 5.02 Å². The van der Waals surface area contributed by atoms with Gasteiger partial charge < -0.3 is 29.9 Å². The van der Waals surface area contributed by atoms with Gasteiger partial charge in [0, 0.05) is 5.02 Å². The molecule has 4 rings (SSSR count). The maximum Gasteiger partial charge on any atom is 0.459 e. The average Bonchev–Trinajstić information content (AvgIpc) is 3.37. The van der Waals surface area contributed by atoms with Gasteiger partial charge in [-0.25, -0.2) is 14.1 Å². The number of aliphatic hydroxyl groups excluding tert-OH is 1. The summed E-state index contributed by atoms with van der Waals surface area (Å²) >= 11 is 5.92. The molecule has 0 amide bonds. The number of fused-ring (bicyclic) bond motifs is 1. The first-order valence-corrected chi connectivity index (χ1v) is 14.1. The lowest BCUT2D eigenvalue weighted by atomic mass is 9.92. The molecule has 1 aliphatic rings. The smallest absolute Gasteiger partial charge is 0.459 e. The Labute approximate surface area is 233 Å². The first-order chi connectivity index (χ1) is 18.7. The van der Waals surface area contributed by atoms with Crippen LogP contribution in [0.1, 0.15) is 39.6 Å². The Hall–Kier alpha value is -3.04. The second kappa shape index (κ2) is 11.4. The summed E-state index contributed by atoms with van der Waals surface area (Å²) in [4.78, 5) is 31.0. The van der Waals surface area contributed by atoms with Gasteiger partial charge >= 0.3 is 13.7 Å². The molecule has 0 spiro atoms. The monoisotopic (exact) mass is 600 g/mol. The number of aromatic nitrogens is 4. The number of aromatic amines is 1. The lowest BCUT2D eigenvalue weighted by Gasteiger charge is -2.26. The van der Waals surface area contributed by atoms with E-state index in [0.717, 1.165) is 4.52 Å². The van der Waals surface area contributed by atoms with Crippen LogP contribution in [-0.4, -0.2) is 72.3 Å². The number of carbonyl (C=O) groups excluding carboxylic acids is 1. The van der Waals surface area contributed by atoms with Gasteiger partial charge in [0.1, 0.15) is 35.7 Å². The van der Waals surface area contributed by atoms with Crippen LogP contribution < -0.4 is 20.9 Å². The van der Waals surface area contributed by atoms with Gasteiger partial charge in [0.2, 0.25) is 5.95 Å². The molecule has 6 N–H and O–H groups in total. The Bertz CT molecular complexity index is 1480. The maximum atomic E-state index is 13.8. The number of halogens is 1. The van der Waals surface area contributed by atoms with E-state index in [9.17, 15) is 24.4 Å². The summed E-state index contributed by atoms with van der Waals surface area (Å²) in [7, 11) is -4.32. The predicted molar refractivity (Wildman–Crippen MR) is 142 cm³/mol. The lowest BCUT2D eigenvalue weighted by Crippen LogP contribution is -2.44. The number of hydrogen-bond acceptors (Lipinski definition) is 12. The number of esters is 1. The quantitative estimate of drug-likeness (QED) is 0.164. The standard InChI is InChI=1S/C23H30ClN6O9P/c1-11(2)37-21(33)12(3)29-40(35,39-14-7-5-13(24)6-8-14)36-10-16-17(31)23(4,34)18(38-16)19-26-9-15-20(32)27-22(25)28-30(15)19/h5-9,11-12,16-18,31,34H,10H2,1-4H3,(H,29,35)(H3,25,27,28,32)/t12-,16+,17+,18-,23+,40?/m0/s1. The molecule has 40 heavy (non-hydrogen) atoms. The molecule has 1 aromatic carbocycles. The molecule has 15 nitrogen and oxygen atoms in total. The molecule has 1 aliphatic heterocycles. The number of nitrogens with one attached hydrogen (secondary N) is 2. The SMILES string of the molecule is CC(C)OC(=O)[C@H](C)NP(=O)(OC[C@H]1O[C@@H](c2ncc3c(=O)[nH]c(N)nn23)[C@](C)(O)[C@@H]1O)Oc1ccc(Cl)cc1. The van der Waals surface area contributed by atoms with Gasteiger partial charge in [-0.3, -0.25) is 19.1 Å². The van der Waals surface area contributed by atoms with Crippen molar-refractivity contribution in [2.75, 3.05) is 12.3 Å². The highest BCUT2D eigenvalue weighted by Gasteiger charge is 2.55. The minimum absolute atomic E-state index is 0.0110. The van der Waals surface area contributed by atoms with E-state index < -0.39 is 61.9 Å². The number of nitrogen functional groups attached to an aromatic ring is 1. The fourth-order valence-electron chi connectivity index (χ4n) is 4.00. The molecule has 0 radical (unpaired) electrons. The summed E-state index contributed by atoms with van der Waals surface area (Å²) in [6, 6.07) is 4.79. The first-order valence-electron chi connectivity index (χ1n) is 12.2. The number of nitrogens with two attached hydrogens (primary N) is 1. The Morgan fingerprint density at radius 1 is 1.35 bits per heavy atom. The zero-order valence-electron chi connectivity index (χ0n) is 22.0. The number of H-pyrrole nitrogens is 1. The summed E-state index contributed by atoms with van der Waals surface area (Å²) in [5.74, 6) is -0.804. The summed E-state index contributed by atoms with van der Waals surface area (Å²) in [5, 5.41) is 29.0. The first kappa shape index (κ1) is 29.9. The minimum Gasteiger partial charge on any atom is -0.462 e. The summed E-state index contributed by atoms with van der Waals surface area (Å²) in [5.41, 5.74) is 3.16. The molecular formula is C23H30ClN6O9P. The molecule has 3 aromatic rings. The predicted octanol–water partition coefficient (Wildman–Crippen LogP) is 1.34. The second-order valence-corrected chi connectivity index (χ2v) is 11.8. The number of carbonyl (C=O) groups is 1. The third-order valence-electron chi connectivity index (χ3n) is 5.98. The van der Waals surface area contributed by atoms with E-state index in [-0.39, 0.29) is 23.0 Å². The van der Waals surface area contributed by atoms with Crippen LogP contribution in [0.2, 0.25) is 5.02 Å². The van der Waals surface area contributed by atoms with Crippen molar-refractivity contribution in [1.29, 1.82) is 0 Å². The van der Waals surface area contributed by atoms with Gasteiger partial charge in [0.25, 0.3) is 5.56 Å². The summed E-state index contributed by atoms with van der Waals surface area (Å²) in [6.07, 6.45) is -3.33. The third kappa shape index (κ3) is 6.31. The molecule has 1 fully saturated rings. The number of benzene rings is 1. The molecular weight excluding hydrogens is 571 g/mol. The molecule has 3 heterocycles. The summed E-state index contributed by atoms with van der Waals surface area (Å²) < 4.78 is 37.1. The van der Waals surface area contributed by atoms with E-state index in [1.807, 2.05) is 0 Å². The van der Waals surface area contributed by atoms with Crippen molar-refractivity contribution in [3.63, 3.8) is 0 Å². The molecule has 17 heteroatoms. The van der Waals surface area contributed by atoms with Crippen molar-refractivity contribution in [3.8, 4) is 5.75 Å². The topological polar surface area (TPSA) is 213 Å². The van der Waals surface area contributed by atoms with E-state index in [1.165, 1.54) is 44.3 Å². The van der Waals surface area contributed by atoms with Gasteiger partial charge in [-0.05, 0) is 52.0 Å². The highest BCUT2D eigenvalue weighted by atomic mass is 35.5. The molecule has 0 saturated carbocycles. The maximum absolute atomic E-state index is 13.8. The van der Waals surface area contributed by atoms with Crippen LogP contribution >= 0.6 is 19.3 Å². The number of imidazole rings is 1. The van der Waals surface area contributed by atoms with Crippen LogP contribution in [0, 0.1) is 0 Å². The van der Waals surface area contributed by atoms with Crippen LogP contribution in [0.15, 0.2) is 35.3 Å². The number of hydrogen-bond donors (Lipinski definition) is 5. The van der Waals surface area contributed by atoms with Crippen LogP contribution in [0.3, 0.4) is 0 Å². The second-order valence-electron chi connectivity index (χ2n) is 9.65. The van der Waals surface area contributed by atoms with Gasteiger partial charge in [0.15, 0.2) is 11.3 Å². The fraction of sp³-hybridized carbons (Fsp3) is 0.478. The Kier molecular flexibility index (Phi) is 8.57. The van der Waals surface area contributed by atoms with E-state index in [2.05, 4.69) is 20.2 Å². The summed E-state index contributed by atoms with van der Waals surface area (Å²) in [6.45, 7) is 5.48. The molecule has 0 aliphatic carbocycles. The Balaban J connectivity index is 1.56. The lowest BCUT2D eigenvalue weighted by molar-refractivity contribution is -0.149. The van der Waals surface area contributed by atoms with E-state index >= 15 is 0 Å². The van der Waals surface area contributed by atoms with Gasteiger partial charge in [0.05, 0.1) is 18.9 Å². The van der Waals surface area contributed by atoms with Crippen LogP contribution in [-0.2, 0) is 23.4 Å². The third-order valence-corrected chi connectivity index (χ3v) is 7.87. The molecule has 2 aromatic heterocycles.